The van der Waals surface area contributed by atoms with Crippen molar-refractivity contribution in [2.24, 2.45) is 0 Å². The molecule has 1 fully saturated rings. The molecule has 1 aliphatic heterocycles. The molecule has 3 aromatic carbocycles. The molecular formula is C28H27NO6. The molecule has 0 aromatic heterocycles. The normalized spacial score (nSPS) is 16.9. The first-order valence-corrected chi connectivity index (χ1v) is 11.9. The van der Waals surface area contributed by atoms with Gasteiger partial charge in [0.1, 0.15) is 0 Å². The Balaban J connectivity index is 1.50. The highest BCUT2D eigenvalue weighted by molar-refractivity contribution is 6.23. The number of carbonyl (C=O) groups excluding carboxylic acids is 2. The van der Waals surface area contributed by atoms with Crippen molar-refractivity contribution in [3.05, 3.63) is 71.3 Å². The number of hydrogen-bond acceptors (Lipinski definition) is 5. The number of benzene rings is 3. The molecule has 1 saturated carbocycles. The molecule has 0 saturated heterocycles. The predicted molar refractivity (Wildman–Crippen MR) is 130 cm³/mol. The quantitative estimate of drug-likeness (QED) is 0.464. The number of carbonyl (C=O) groups is 3. The van der Waals surface area contributed by atoms with Gasteiger partial charge in [0.05, 0.1) is 36.8 Å². The van der Waals surface area contributed by atoms with Gasteiger partial charge in [0.2, 0.25) is 0 Å². The lowest BCUT2D eigenvalue weighted by molar-refractivity contribution is -0.138. The summed E-state index contributed by atoms with van der Waals surface area (Å²) in [5, 5.41) is 11.3. The van der Waals surface area contributed by atoms with E-state index in [9.17, 15) is 19.5 Å². The van der Waals surface area contributed by atoms with E-state index >= 15 is 0 Å². The first-order chi connectivity index (χ1) is 17.0. The fourth-order valence-corrected chi connectivity index (χ4v) is 5.10. The summed E-state index contributed by atoms with van der Waals surface area (Å²) < 4.78 is 11.7. The van der Waals surface area contributed by atoms with E-state index in [2.05, 4.69) is 0 Å². The number of carboxylic acids is 1. The van der Waals surface area contributed by atoms with E-state index in [1.807, 2.05) is 24.3 Å². The Hall–Kier alpha value is -3.87. The number of carboxylic acid groups (broad SMARTS) is 1. The maximum atomic E-state index is 13.4. The summed E-state index contributed by atoms with van der Waals surface area (Å²) >= 11 is 0. The van der Waals surface area contributed by atoms with Crippen LogP contribution in [-0.2, 0) is 4.79 Å². The fraction of sp³-hybridized carbons (Fsp3) is 0.321. The SMILES string of the molecule is COc1cc(C(CC(=O)O)N2C(=O)c3cc4ccccc4cc3C2=O)ccc1OC1CCCCC1. The minimum Gasteiger partial charge on any atom is -0.493 e. The Morgan fingerprint density at radius 3 is 2.14 bits per heavy atom. The second-order valence-electron chi connectivity index (χ2n) is 9.13. The number of rotatable bonds is 7. The fourth-order valence-electron chi connectivity index (χ4n) is 5.10. The van der Waals surface area contributed by atoms with Gasteiger partial charge in [-0.1, -0.05) is 36.8 Å². The maximum Gasteiger partial charge on any atom is 0.305 e. The van der Waals surface area contributed by atoms with Crippen LogP contribution in [0.3, 0.4) is 0 Å². The number of ether oxygens (including phenoxy) is 2. The molecule has 2 amide bonds. The Morgan fingerprint density at radius 1 is 0.943 bits per heavy atom. The molecule has 2 aliphatic rings. The third kappa shape index (κ3) is 4.34. The summed E-state index contributed by atoms with van der Waals surface area (Å²) in [5.74, 6) is -1.08. The Morgan fingerprint density at radius 2 is 1.57 bits per heavy atom. The molecule has 1 unspecified atom stereocenters. The summed E-state index contributed by atoms with van der Waals surface area (Å²) in [6.45, 7) is 0. The summed E-state index contributed by atoms with van der Waals surface area (Å²) in [7, 11) is 1.52. The molecule has 1 N–H and O–H groups in total. The lowest BCUT2D eigenvalue weighted by Gasteiger charge is -2.27. The molecule has 3 aromatic rings. The number of amides is 2. The predicted octanol–water partition coefficient (Wildman–Crippen LogP) is 5.37. The van der Waals surface area contributed by atoms with Crippen molar-refractivity contribution < 1.29 is 29.0 Å². The molecule has 5 rings (SSSR count). The summed E-state index contributed by atoms with van der Waals surface area (Å²) in [6, 6.07) is 15.0. The third-order valence-corrected chi connectivity index (χ3v) is 6.88. The van der Waals surface area contributed by atoms with Crippen molar-refractivity contribution in [1.82, 2.24) is 4.90 Å². The van der Waals surface area contributed by atoms with E-state index < -0.39 is 30.2 Å². The lowest BCUT2D eigenvalue weighted by atomic mass is 9.97. The Labute approximate surface area is 203 Å². The standard InChI is InChI=1S/C28H27NO6/c1-34-25-15-19(11-12-24(25)35-20-9-3-2-4-10-20)23(16-26(30)31)29-27(32)21-13-17-7-5-6-8-18(17)14-22(21)28(29)33/h5-8,11-15,20,23H,2-4,9-10,16H2,1H3,(H,30,31). The largest absolute Gasteiger partial charge is 0.493 e. The minimum absolute atomic E-state index is 0.115. The van der Waals surface area contributed by atoms with Crippen LogP contribution >= 0.6 is 0 Å². The summed E-state index contributed by atoms with van der Waals surface area (Å²) in [4.78, 5) is 39.6. The molecule has 0 spiro atoms. The first kappa shape index (κ1) is 22.9. The molecular weight excluding hydrogens is 446 g/mol. The van der Waals surface area contributed by atoms with Crippen molar-refractivity contribution in [3.8, 4) is 11.5 Å². The smallest absolute Gasteiger partial charge is 0.305 e. The molecule has 180 valence electrons. The molecule has 0 bridgehead atoms. The average molecular weight is 474 g/mol. The molecule has 1 aliphatic carbocycles. The summed E-state index contributed by atoms with van der Waals surface area (Å²) in [6.07, 6.45) is 5.12. The van der Waals surface area contributed by atoms with Crippen LogP contribution < -0.4 is 9.47 Å². The highest BCUT2D eigenvalue weighted by Gasteiger charge is 2.42. The van der Waals surface area contributed by atoms with Crippen molar-refractivity contribution in [2.45, 2.75) is 50.7 Å². The third-order valence-electron chi connectivity index (χ3n) is 6.88. The van der Waals surface area contributed by atoms with E-state index in [1.165, 1.54) is 13.5 Å². The Kier molecular flexibility index (Phi) is 6.16. The summed E-state index contributed by atoms with van der Waals surface area (Å²) in [5.41, 5.74) is 1.07. The van der Waals surface area contributed by atoms with Crippen molar-refractivity contribution >= 4 is 28.6 Å². The van der Waals surface area contributed by atoms with Crippen LogP contribution in [0.1, 0.15) is 70.8 Å². The number of aliphatic carboxylic acids is 1. The molecule has 1 heterocycles. The zero-order valence-electron chi connectivity index (χ0n) is 19.5. The zero-order chi connectivity index (χ0) is 24.5. The zero-order valence-corrected chi connectivity index (χ0v) is 19.5. The van der Waals surface area contributed by atoms with Gasteiger partial charge in [0, 0.05) is 0 Å². The number of hydrogen-bond donors (Lipinski definition) is 1. The van der Waals surface area contributed by atoms with Crippen LogP contribution in [0, 0.1) is 0 Å². The Bertz CT molecular complexity index is 1260. The highest BCUT2D eigenvalue weighted by atomic mass is 16.5. The monoisotopic (exact) mass is 473 g/mol. The van der Waals surface area contributed by atoms with E-state index in [0.29, 0.717) is 17.1 Å². The van der Waals surface area contributed by atoms with Gasteiger partial charge in [-0.15, -0.1) is 0 Å². The van der Waals surface area contributed by atoms with Gasteiger partial charge in [-0.25, -0.2) is 0 Å². The van der Waals surface area contributed by atoms with Crippen molar-refractivity contribution in [1.29, 1.82) is 0 Å². The second-order valence-corrected chi connectivity index (χ2v) is 9.13. The van der Waals surface area contributed by atoms with Gasteiger partial charge in [0.25, 0.3) is 11.8 Å². The van der Waals surface area contributed by atoms with Crippen molar-refractivity contribution in [3.63, 3.8) is 0 Å². The minimum atomic E-state index is -1.11. The number of imide groups is 1. The average Bonchev–Trinajstić information content (AvgIpc) is 3.11. The van der Waals surface area contributed by atoms with Crippen molar-refractivity contribution in [2.75, 3.05) is 7.11 Å². The van der Waals surface area contributed by atoms with E-state index in [-0.39, 0.29) is 17.2 Å². The first-order valence-electron chi connectivity index (χ1n) is 11.9. The van der Waals surface area contributed by atoms with Crippen LogP contribution in [0.25, 0.3) is 10.8 Å². The van der Waals surface area contributed by atoms with Gasteiger partial charge in [-0.05, 0) is 66.3 Å². The second kappa shape index (κ2) is 9.41. The topological polar surface area (TPSA) is 93.1 Å². The molecule has 35 heavy (non-hydrogen) atoms. The van der Waals surface area contributed by atoms with E-state index in [0.717, 1.165) is 41.4 Å². The van der Waals surface area contributed by atoms with Crippen LogP contribution in [0.5, 0.6) is 11.5 Å². The van der Waals surface area contributed by atoms with Gasteiger partial charge in [-0.3, -0.25) is 19.3 Å². The van der Waals surface area contributed by atoms with Gasteiger partial charge in [-0.2, -0.15) is 0 Å². The van der Waals surface area contributed by atoms with Gasteiger partial charge >= 0.3 is 5.97 Å². The van der Waals surface area contributed by atoms with Crippen LogP contribution in [0.15, 0.2) is 54.6 Å². The number of methoxy groups -OCH3 is 1. The number of fused-ring (bicyclic) bond motifs is 2. The number of nitrogens with zero attached hydrogens (tertiary/aromatic N) is 1. The lowest BCUT2D eigenvalue weighted by Crippen LogP contribution is -2.35. The van der Waals surface area contributed by atoms with Crippen LogP contribution in [0.4, 0.5) is 0 Å². The highest BCUT2D eigenvalue weighted by Crippen LogP contribution is 2.39. The van der Waals surface area contributed by atoms with Crippen LogP contribution in [-0.4, -0.2) is 41.0 Å². The van der Waals surface area contributed by atoms with E-state index in [1.54, 1.807) is 30.3 Å². The maximum absolute atomic E-state index is 13.4. The van der Waals surface area contributed by atoms with Gasteiger partial charge < -0.3 is 14.6 Å². The molecule has 0 radical (unpaired) electrons. The van der Waals surface area contributed by atoms with E-state index in [4.69, 9.17) is 9.47 Å². The molecule has 1 atom stereocenters. The molecule has 7 nitrogen and oxygen atoms in total. The van der Waals surface area contributed by atoms with Gasteiger partial charge in [0.15, 0.2) is 11.5 Å². The molecule has 7 heteroatoms. The van der Waals surface area contributed by atoms with Crippen LogP contribution in [0.2, 0.25) is 0 Å².